The van der Waals surface area contributed by atoms with Crippen molar-refractivity contribution in [3.63, 3.8) is 0 Å². The average molecular weight is 356 g/mol. The van der Waals surface area contributed by atoms with Crippen LogP contribution in [0.1, 0.15) is 0 Å². The van der Waals surface area contributed by atoms with E-state index in [1.165, 1.54) is 29.4 Å². The number of anilines is 1. The molecule has 0 atom stereocenters. The number of hydrogen-bond acceptors (Lipinski definition) is 7. The van der Waals surface area contributed by atoms with Gasteiger partial charge in [-0.25, -0.2) is 9.97 Å². The molecule has 1 aromatic carbocycles. The molecule has 0 spiro atoms. The summed E-state index contributed by atoms with van der Waals surface area (Å²) in [4.78, 5) is 22.0. The molecule has 8 heteroatoms. The number of nitriles is 1. The number of carbonyl (C=O) groups is 1. The fourth-order valence-electron chi connectivity index (χ4n) is 2.01. The van der Waals surface area contributed by atoms with Gasteiger partial charge in [-0.1, -0.05) is 12.1 Å². The van der Waals surface area contributed by atoms with Gasteiger partial charge in [0.2, 0.25) is 5.88 Å². The zero-order chi connectivity index (χ0) is 16.8. The minimum Gasteiger partial charge on any atom is -0.467 e. The molecule has 0 saturated carbocycles. The molecule has 0 radical (unpaired) electrons. The fraction of sp³-hybridized carbons (Fsp3) is 0.125. The zero-order valence-corrected chi connectivity index (χ0v) is 14.1. The predicted molar refractivity (Wildman–Crippen MR) is 94.3 cm³/mol. The van der Waals surface area contributed by atoms with Gasteiger partial charge in [-0.3, -0.25) is 4.79 Å². The number of thiophene rings is 1. The third-order valence-corrected chi connectivity index (χ3v) is 4.78. The summed E-state index contributed by atoms with van der Waals surface area (Å²) in [5.74, 6) is 0.422. The highest BCUT2D eigenvalue weighted by Gasteiger charge is 2.10. The molecule has 2 heterocycles. The number of carbonyl (C=O) groups excluding carboxylic acids is 1. The van der Waals surface area contributed by atoms with Crippen LogP contribution in [0, 0.1) is 11.3 Å². The summed E-state index contributed by atoms with van der Waals surface area (Å²) >= 11 is 2.86. The molecule has 24 heavy (non-hydrogen) atoms. The van der Waals surface area contributed by atoms with Crippen LogP contribution in [0.4, 0.5) is 5.69 Å². The van der Waals surface area contributed by atoms with E-state index >= 15 is 0 Å². The molecule has 0 aliphatic heterocycles. The lowest BCUT2D eigenvalue weighted by Crippen LogP contribution is -2.20. The van der Waals surface area contributed by atoms with Crippen molar-refractivity contribution in [2.24, 2.45) is 0 Å². The molecule has 3 aromatic rings. The Balaban J connectivity index is 1.64. The van der Waals surface area contributed by atoms with Gasteiger partial charge in [0.05, 0.1) is 22.9 Å². The molecule has 6 nitrogen and oxygen atoms in total. The summed E-state index contributed by atoms with van der Waals surface area (Å²) in [7, 11) is 0. The van der Waals surface area contributed by atoms with Crippen molar-refractivity contribution in [2.75, 3.05) is 17.7 Å². The molecular weight excluding hydrogens is 344 g/mol. The van der Waals surface area contributed by atoms with Crippen molar-refractivity contribution in [1.82, 2.24) is 9.97 Å². The lowest BCUT2D eigenvalue weighted by molar-refractivity contribution is -0.118. The topological polar surface area (TPSA) is 87.9 Å². The third kappa shape index (κ3) is 3.82. The van der Waals surface area contributed by atoms with Crippen LogP contribution in [0.3, 0.4) is 0 Å². The highest BCUT2D eigenvalue weighted by Crippen LogP contribution is 2.27. The number of thioether (sulfide) groups is 1. The van der Waals surface area contributed by atoms with Crippen molar-refractivity contribution < 1.29 is 9.53 Å². The SMILES string of the molecule is N#CCSc1ccccc1NC(=O)COc1ncnc2sccc12. The Hall–Kier alpha value is -2.63. The number of aromatic nitrogens is 2. The maximum absolute atomic E-state index is 12.1. The largest absolute Gasteiger partial charge is 0.467 e. The Morgan fingerprint density at radius 2 is 2.21 bits per heavy atom. The third-order valence-electron chi connectivity index (χ3n) is 3.02. The first kappa shape index (κ1) is 16.2. The van der Waals surface area contributed by atoms with Gasteiger partial charge in [0, 0.05) is 4.90 Å². The number of fused-ring (bicyclic) bond motifs is 1. The molecule has 1 amide bonds. The molecule has 0 bridgehead atoms. The Kier molecular flexibility index (Phi) is 5.25. The highest BCUT2D eigenvalue weighted by atomic mass is 32.2. The van der Waals surface area contributed by atoms with Gasteiger partial charge in [0.1, 0.15) is 11.2 Å². The van der Waals surface area contributed by atoms with Crippen LogP contribution in [0.25, 0.3) is 10.2 Å². The van der Waals surface area contributed by atoms with E-state index < -0.39 is 0 Å². The lowest BCUT2D eigenvalue weighted by Gasteiger charge is -2.10. The number of rotatable bonds is 6. The van der Waals surface area contributed by atoms with Crippen LogP contribution in [0.5, 0.6) is 5.88 Å². The minimum atomic E-state index is -0.290. The maximum atomic E-state index is 12.1. The van der Waals surface area contributed by atoms with Gasteiger partial charge < -0.3 is 10.1 Å². The van der Waals surface area contributed by atoms with E-state index in [1.807, 2.05) is 29.6 Å². The van der Waals surface area contributed by atoms with Gasteiger partial charge in [-0.05, 0) is 23.6 Å². The number of hydrogen-bond donors (Lipinski definition) is 1. The zero-order valence-electron chi connectivity index (χ0n) is 12.4. The van der Waals surface area contributed by atoms with E-state index in [9.17, 15) is 4.79 Å². The van der Waals surface area contributed by atoms with E-state index in [-0.39, 0.29) is 12.5 Å². The number of nitrogens with zero attached hydrogens (tertiary/aromatic N) is 3. The summed E-state index contributed by atoms with van der Waals surface area (Å²) in [6, 6.07) is 11.3. The standard InChI is InChI=1S/C16H12N4O2S2/c17-6-8-23-13-4-2-1-3-12(13)20-14(21)9-22-15-11-5-7-24-16(11)19-10-18-15/h1-5,7,10H,8-9H2,(H,20,21). The van der Waals surface area contributed by atoms with Crippen molar-refractivity contribution in [3.8, 4) is 11.9 Å². The predicted octanol–water partition coefficient (Wildman–Crippen LogP) is 3.32. The first-order valence-electron chi connectivity index (χ1n) is 6.97. The van der Waals surface area contributed by atoms with Crippen LogP contribution in [0.2, 0.25) is 0 Å². The van der Waals surface area contributed by atoms with Crippen molar-refractivity contribution in [1.29, 1.82) is 5.26 Å². The van der Waals surface area contributed by atoms with Crippen LogP contribution in [-0.4, -0.2) is 28.2 Å². The number of ether oxygens (including phenoxy) is 1. The summed E-state index contributed by atoms with van der Waals surface area (Å²) < 4.78 is 5.52. The first-order valence-corrected chi connectivity index (χ1v) is 8.84. The summed E-state index contributed by atoms with van der Waals surface area (Å²) in [5, 5.41) is 14.2. The lowest BCUT2D eigenvalue weighted by atomic mass is 10.3. The number of benzene rings is 1. The van der Waals surface area contributed by atoms with Crippen LogP contribution >= 0.6 is 23.1 Å². The fourth-order valence-corrected chi connectivity index (χ4v) is 3.40. The van der Waals surface area contributed by atoms with Crippen LogP contribution in [-0.2, 0) is 4.79 Å². The monoisotopic (exact) mass is 356 g/mol. The van der Waals surface area contributed by atoms with Gasteiger partial charge in [-0.2, -0.15) is 5.26 Å². The second-order valence-electron chi connectivity index (χ2n) is 4.60. The summed E-state index contributed by atoms with van der Waals surface area (Å²) in [5.41, 5.74) is 0.662. The van der Waals surface area contributed by atoms with Crippen LogP contribution in [0.15, 0.2) is 46.9 Å². The Bertz CT molecular complexity index is 904. The first-order chi connectivity index (χ1) is 11.8. The van der Waals surface area contributed by atoms with E-state index in [0.29, 0.717) is 17.3 Å². The van der Waals surface area contributed by atoms with E-state index in [4.69, 9.17) is 10.00 Å². The molecular formula is C16H12N4O2S2. The molecule has 0 aliphatic carbocycles. The Morgan fingerprint density at radius 1 is 1.33 bits per heavy atom. The number of nitrogens with one attached hydrogen (secondary N) is 1. The second kappa shape index (κ2) is 7.77. The summed E-state index contributed by atoms with van der Waals surface area (Å²) in [6.45, 7) is -0.154. The van der Waals surface area contributed by atoms with Crippen molar-refractivity contribution in [2.45, 2.75) is 4.90 Å². The molecule has 0 saturated heterocycles. The van der Waals surface area contributed by atoms with Crippen LogP contribution < -0.4 is 10.1 Å². The molecule has 1 N–H and O–H groups in total. The van der Waals surface area contributed by atoms with Gasteiger partial charge in [-0.15, -0.1) is 23.1 Å². The quantitative estimate of drug-likeness (QED) is 0.682. The van der Waals surface area contributed by atoms with Crippen molar-refractivity contribution in [3.05, 3.63) is 42.0 Å². The molecule has 0 aliphatic rings. The molecule has 120 valence electrons. The molecule has 0 unspecified atom stereocenters. The van der Waals surface area contributed by atoms with Gasteiger partial charge in [0.15, 0.2) is 6.61 Å². The molecule has 2 aromatic heterocycles. The highest BCUT2D eigenvalue weighted by molar-refractivity contribution is 7.99. The Labute approximate surface area is 146 Å². The number of amides is 1. The minimum absolute atomic E-state index is 0.154. The maximum Gasteiger partial charge on any atom is 0.262 e. The molecule has 3 rings (SSSR count). The summed E-state index contributed by atoms with van der Waals surface area (Å²) in [6.07, 6.45) is 1.42. The van der Waals surface area contributed by atoms with Crippen molar-refractivity contribution >= 4 is 44.9 Å². The average Bonchev–Trinajstić information content (AvgIpc) is 3.08. The normalized spacial score (nSPS) is 10.3. The molecule has 0 fully saturated rings. The Morgan fingerprint density at radius 3 is 3.08 bits per heavy atom. The van der Waals surface area contributed by atoms with Gasteiger partial charge >= 0.3 is 0 Å². The van der Waals surface area contributed by atoms with E-state index in [0.717, 1.165) is 15.1 Å². The van der Waals surface area contributed by atoms with Gasteiger partial charge in [0.25, 0.3) is 5.91 Å². The van der Waals surface area contributed by atoms with E-state index in [1.54, 1.807) is 6.07 Å². The second-order valence-corrected chi connectivity index (χ2v) is 6.51. The smallest absolute Gasteiger partial charge is 0.262 e. The van der Waals surface area contributed by atoms with E-state index in [2.05, 4.69) is 21.4 Å². The number of para-hydroxylation sites is 1.